The summed E-state index contributed by atoms with van der Waals surface area (Å²) in [5.74, 6) is 0. The number of halogens is 1. The van der Waals surface area contributed by atoms with Crippen LogP contribution in [0.5, 0.6) is 0 Å². The van der Waals surface area contributed by atoms with E-state index in [1.807, 2.05) is 32.5 Å². The SMILES string of the molecule is CC.Cc1nn(C)c(CBr)c1C. The van der Waals surface area contributed by atoms with E-state index in [4.69, 9.17) is 0 Å². The standard InChI is InChI=1S/C7H11BrN2.C2H6/c1-5-6(2)9-10(3)7(5)4-8;1-2/h4H2,1-3H3;1-2H3. The Morgan fingerprint density at radius 3 is 2.00 bits per heavy atom. The molecule has 1 rings (SSSR count). The summed E-state index contributed by atoms with van der Waals surface area (Å²) in [4.78, 5) is 0. The van der Waals surface area contributed by atoms with Crippen LogP contribution in [-0.4, -0.2) is 9.78 Å². The number of hydrogen-bond acceptors (Lipinski definition) is 1. The third kappa shape index (κ3) is 2.34. The first kappa shape index (κ1) is 11.7. The fourth-order valence-electron chi connectivity index (χ4n) is 0.999. The van der Waals surface area contributed by atoms with E-state index >= 15 is 0 Å². The van der Waals surface area contributed by atoms with Crippen molar-refractivity contribution in [3.8, 4) is 0 Å². The van der Waals surface area contributed by atoms with Crippen LogP contribution in [0.15, 0.2) is 0 Å². The van der Waals surface area contributed by atoms with Gasteiger partial charge in [-0.05, 0) is 19.4 Å². The maximum atomic E-state index is 4.27. The summed E-state index contributed by atoms with van der Waals surface area (Å²) in [5.41, 5.74) is 3.67. The van der Waals surface area contributed by atoms with E-state index in [0.717, 1.165) is 11.0 Å². The smallest absolute Gasteiger partial charge is 0.0625 e. The maximum Gasteiger partial charge on any atom is 0.0625 e. The van der Waals surface area contributed by atoms with Crippen molar-refractivity contribution in [2.75, 3.05) is 0 Å². The van der Waals surface area contributed by atoms with Gasteiger partial charge in [0.2, 0.25) is 0 Å². The summed E-state index contributed by atoms with van der Waals surface area (Å²) in [6.07, 6.45) is 0. The lowest BCUT2D eigenvalue weighted by Crippen LogP contribution is -1.95. The topological polar surface area (TPSA) is 17.8 Å². The molecule has 0 aliphatic heterocycles. The van der Waals surface area contributed by atoms with E-state index in [1.165, 1.54) is 11.3 Å². The van der Waals surface area contributed by atoms with Crippen molar-refractivity contribution in [2.45, 2.75) is 33.0 Å². The zero-order valence-electron chi connectivity index (χ0n) is 8.48. The van der Waals surface area contributed by atoms with Crippen LogP contribution in [-0.2, 0) is 12.4 Å². The molecule has 70 valence electrons. The Morgan fingerprint density at radius 2 is 1.83 bits per heavy atom. The predicted octanol–water partition coefficient (Wildman–Crippen LogP) is 2.96. The summed E-state index contributed by atoms with van der Waals surface area (Å²) in [7, 11) is 1.97. The molecule has 0 aromatic carbocycles. The molecule has 0 spiro atoms. The molecule has 1 aromatic heterocycles. The van der Waals surface area contributed by atoms with Crippen molar-refractivity contribution in [2.24, 2.45) is 7.05 Å². The molecule has 0 saturated carbocycles. The minimum atomic E-state index is 0.885. The fourth-order valence-corrected chi connectivity index (χ4v) is 1.78. The molecule has 0 bridgehead atoms. The second-order valence-electron chi connectivity index (χ2n) is 2.41. The summed E-state index contributed by atoms with van der Waals surface area (Å²) >= 11 is 3.41. The Morgan fingerprint density at radius 1 is 1.33 bits per heavy atom. The lowest BCUT2D eigenvalue weighted by molar-refractivity contribution is 0.728. The highest BCUT2D eigenvalue weighted by molar-refractivity contribution is 9.08. The molecule has 3 heteroatoms. The van der Waals surface area contributed by atoms with E-state index in [1.54, 1.807) is 0 Å². The van der Waals surface area contributed by atoms with Gasteiger partial charge in [0.1, 0.15) is 0 Å². The number of nitrogens with zero attached hydrogens (tertiary/aromatic N) is 2. The summed E-state index contributed by atoms with van der Waals surface area (Å²) in [6.45, 7) is 8.13. The lowest BCUT2D eigenvalue weighted by Gasteiger charge is -1.95. The van der Waals surface area contributed by atoms with Gasteiger partial charge in [-0.1, -0.05) is 29.8 Å². The molecule has 0 amide bonds. The van der Waals surface area contributed by atoms with Gasteiger partial charge in [-0.25, -0.2) is 0 Å². The Balaban J connectivity index is 0.000000561. The van der Waals surface area contributed by atoms with Crippen LogP contribution < -0.4 is 0 Å². The summed E-state index contributed by atoms with van der Waals surface area (Å²) in [5, 5.41) is 5.15. The molecule has 1 heterocycles. The quantitative estimate of drug-likeness (QED) is 0.682. The van der Waals surface area contributed by atoms with Crippen molar-refractivity contribution >= 4 is 15.9 Å². The van der Waals surface area contributed by atoms with Crippen LogP contribution in [0.1, 0.15) is 30.8 Å². The Labute approximate surface area is 83.1 Å². The first-order chi connectivity index (χ1) is 5.66. The molecule has 0 fully saturated rings. The second kappa shape index (κ2) is 5.36. The maximum absolute atomic E-state index is 4.27. The van der Waals surface area contributed by atoms with Gasteiger partial charge in [0.05, 0.1) is 11.4 Å². The molecule has 0 aliphatic carbocycles. The molecular weight excluding hydrogens is 216 g/mol. The third-order valence-corrected chi connectivity index (χ3v) is 2.32. The Hall–Kier alpha value is -0.310. The van der Waals surface area contributed by atoms with Crippen LogP contribution in [0, 0.1) is 13.8 Å². The number of aromatic nitrogens is 2. The molecule has 0 N–H and O–H groups in total. The average molecular weight is 233 g/mol. The van der Waals surface area contributed by atoms with Gasteiger partial charge in [-0.3, -0.25) is 4.68 Å². The zero-order valence-corrected chi connectivity index (χ0v) is 10.1. The molecule has 0 radical (unpaired) electrons. The first-order valence-electron chi connectivity index (χ1n) is 4.22. The molecule has 12 heavy (non-hydrogen) atoms. The van der Waals surface area contributed by atoms with Gasteiger partial charge in [0.25, 0.3) is 0 Å². The molecule has 1 aromatic rings. The van der Waals surface area contributed by atoms with Crippen LogP contribution in [0.4, 0.5) is 0 Å². The number of hydrogen-bond donors (Lipinski definition) is 0. The van der Waals surface area contributed by atoms with Crippen molar-refractivity contribution in [3.05, 3.63) is 17.0 Å². The van der Waals surface area contributed by atoms with E-state index in [0.29, 0.717) is 0 Å². The van der Waals surface area contributed by atoms with Gasteiger partial charge in [-0.2, -0.15) is 5.10 Å². The van der Waals surface area contributed by atoms with Crippen molar-refractivity contribution in [1.82, 2.24) is 9.78 Å². The first-order valence-corrected chi connectivity index (χ1v) is 5.34. The van der Waals surface area contributed by atoms with Gasteiger partial charge < -0.3 is 0 Å². The van der Waals surface area contributed by atoms with Crippen LogP contribution in [0.2, 0.25) is 0 Å². The van der Waals surface area contributed by atoms with Gasteiger partial charge in [-0.15, -0.1) is 0 Å². The highest BCUT2D eigenvalue weighted by atomic mass is 79.9. The van der Waals surface area contributed by atoms with E-state index in [2.05, 4.69) is 28.0 Å². The summed E-state index contributed by atoms with van der Waals surface area (Å²) < 4.78 is 1.92. The zero-order chi connectivity index (χ0) is 9.72. The molecule has 0 aliphatic rings. The summed E-state index contributed by atoms with van der Waals surface area (Å²) in [6, 6.07) is 0. The second-order valence-corrected chi connectivity index (χ2v) is 2.98. The Kier molecular flexibility index (Phi) is 5.22. The monoisotopic (exact) mass is 232 g/mol. The Bertz CT molecular complexity index is 241. The minimum absolute atomic E-state index is 0.885. The van der Waals surface area contributed by atoms with E-state index in [9.17, 15) is 0 Å². The lowest BCUT2D eigenvalue weighted by atomic mass is 10.2. The average Bonchev–Trinajstić information content (AvgIpc) is 2.31. The van der Waals surface area contributed by atoms with E-state index in [-0.39, 0.29) is 0 Å². The molecule has 0 unspecified atom stereocenters. The van der Waals surface area contributed by atoms with Gasteiger partial charge in [0.15, 0.2) is 0 Å². The molecular formula is C9H17BrN2. The molecule has 0 saturated heterocycles. The van der Waals surface area contributed by atoms with Crippen molar-refractivity contribution < 1.29 is 0 Å². The highest BCUT2D eigenvalue weighted by Crippen LogP contribution is 2.13. The fraction of sp³-hybridized carbons (Fsp3) is 0.667. The normalized spacial score (nSPS) is 9.17. The largest absolute Gasteiger partial charge is 0.271 e. The number of alkyl halides is 1. The van der Waals surface area contributed by atoms with Crippen molar-refractivity contribution in [3.63, 3.8) is 0 Å². The van der Waals surface area contributed by atoms with E-state index < -0.39 is 0 Å². The number of rotatable bonds is 1. The van der Waals surface area contributed by atoms with Crippen LogP contribution in [0.3, 0.4) is 0 Å². The molecule has 0 atom stereocenters. The third-order valence-electron chi connectivity index (χ3n) is 1.79. The van der Waals surface area contributed by atoms with Gasteiger partial charge >= 0.3 is 0 Å². The minimum Gasteiger partial charge on any atom is -0.271 e. The predicted molar refractivity (Wildman–Crippen MR) is 56.7 cm³/mol. The molecule has 2 nitrogen and oxygen atoms in total. The van der Waals surface area contributed by atoms with Crippen molar-refractivity contribution in [1.29, 1.82) is 0 Å². The van der Waals surface area contributed by atoms with Crippen LogP contribution in [0.25, 0.3) is 0 Å². The van der Waals surface area contributed by atoms with Crippen LogP contribution >= 0.6 is 15.9 Å². The number of aryl methyl sites for hydroxylation is 2. The van der Waals surface area contributed by atoms with Gasteiger partial charge in [0, 0.05) is 12.4 Å². The highest BCUT2D eigenvalue weighted by Gasteiger charge is 2.05.